The number of nitriles is 1. The van der Waals surface area contributed by atoms with Gasteiger partial charge in [-0.25, -0.2) is 0 Å². The van der Waals surface area contributed by atoms with Crippen LogP contribution >= 0.6 is 15.9 Å². The van der Waals surface area contributed by atoms with Crippen LogP contribution in [-0.2, 0) is 0 Å². The zero-order valence-electron chi connectivity index (χ0n) is 6.66. The molecule has 1 heterocycles. The van der Waals surface area contributed by atoms with E-state index in [1.807, 2.05) is 18.2 Å². The maximum Gasteiger partial charge on any atom is 0.101 e. The van der Waals surface area contributed by atoms with Crippen LogP contribution in [0.4, 0.5) is 0 Å². The zero-order valence-corrected chi connectivity index (χ0v) is 8.25. The summed E-state index contributed by atoms with van der Waals surface area (Å²) >= 11 is 3.41. The monoisotopic (exact) mass is 232 g/mol. The summed E-state index contributed by atoms with van der Waals surface area (Å²) < 4.78 is 0.967. The summed E-state index contributed by atoms with van der Waals surface area (Å²) in [6, 6.07) is 7.88. The van der Waals surface area contributed by atoms with E-state index in [0.29, 0.717) is 5.56 Å². The van der Waals surface area contributed by atoms with Gasteiger partial charge < -0.3 is 0 Å². The van der Waals surface area contributed by atoms with Gasteiger partial charge in [0.15, 0.2) is 0 Å². The van der Waals surface area contributed by atoms with Gasteiger partial charge >= 0.3 is 0 Å². The summed E-state index contributed by atoms with van der Waals surface area (Å²) in [7, 11) is 0. The molecule has 0 saturated carbocycles. The Labute approximate surface area is 84.0 Å². The van der Waals surface area contributed by atoms with E-state index in [1.165, 1.54) is 0 Å². The van der Waals surface area contributed by atoms with Crippen LogP contribution < -0.4 is 0 Å². The molecule has 0 bridgehead atoms. The smallest absolute Gasteiger partial charge is 0.101 e. The molecule has 1 aromatic heterocycles. The van der Waals surface area contributed by atoms with Crippen molar-refractivity contribution >= 4 is 26.7 Å². The van der Waals surface area contributed by atoms with E-state index in [4.69, 9.17) is 5.26 Å². The van der Waals surface area contributed by atoms with Crippen molar-refractivity contribution in [2.75, 3.05) is 0 Å². The molecular formula is C10H5BrN2. The normalized spacial score (nSPS) is 9.85. The molecule has 0 unspecified atom stereocenters. The first-order valence-electron chi connectivity index (χ1n) is 3.75. The molecule has 2 aromatic rings. The van der Waals surface area contributed by atoms with Gasteiger partial charge in [0.25, 0.3) is 0 Å². The van der Waals surface area contributed by atoms with E-state index in [9.17, 15) is 0 Å². The Bertz CT molecular complexity index is 500. The Kier molecular flexibility index (Phi) is 1.99. The van der Waals surface area contributed by atoms with Gasteiger partial charge in [-0.3, -0.25) is 4.98 Å². The molecule has 0 N–H and O–H groups in total. The first-order chi connectivity index (χ1) is 6.33. The fourth-order valence-electron chi connectivity index (χ4n) is 1.25. The molecule has 0 aliphatic rings. The van der Waals surface area contributed by atoms with Crippen molar-refractivity contribution in [2.45, 2.75) is 0 Å². The second-order valence-electron chi connectivity index (χ2n) is 2.63. The minimum Gasteiger partial charge on any atom is -0.263 e. The number of pyridine rings is 1. The maximum atomic E-state index is 8.82. The minimum absolute atomic E-state index is 0.610. The Balaban J connectivity index is 2.94. The molecule has 2 rings (SSSR count). The number of halogens is 1. The molecule has 0 fully saturated rings. The first kappa shape index (κ1) is 8.21. The largest absolute Gasteiger partial charge is 0.263 e. The molecule has 0 atom stereocenters. The average molecular weight is 233 g/mol. The molecule has 0 saturated heterocycles. The highest BCUT2D eigenvalue weighted by Gasteiger charge is 2.02. The number of benzene rings is 1. The molecule has 3 heteroatoms. The van der Waals surface area contributed by atoms with E-state index >= 15 is 0 Å². The van der Waals surface area contributed by atoms with Gasteiger partial charge in [0.1, 0.15) is 6.07 Å². The summed E-state index contributed by atoms with van der Waals surface area (Å²) in [6.07, 6.45) is 3.33. The summed E-state index contributed by atoms with van der Waals surface area (Å²) in [5.41, 5.74) is 0.610. The highest BCUT2D eigenvalue weighted by Crippen LogP contribution is 2.24. The molecular weight excluding hydrogens is 228 g/mol. The first-order valence-corrected chi connectivity index (χ1v) is 4.54. The fourth-order valence-corrected chi connectivity index (χ4v) is 1.72. The van der Waals surface area contributed by atoms with Gasteiger partial charge in [-0.2, -0.15) is 5.26 Å². The third-order valence-electron chi connectivity index (χ3n) is 1.87. The second-order valence-corrected chi connectivity index (χ2v) is 3.49. The summed E-state index contributed by atoms with van der Waals surface area (Å²) in [4.78, 5) is 3.99. The van der Waals surface area contributed by atoms with Gasteiger partial charge in [0, 0.05) is 27.6 Å². The molecule has 0 aliphatic heterocycles. The van der Waals surface area contributed by atoms with Crippen LogP contribution in [0.5, 0.6) is 0 Å². The third-order valence-corrected chi connectivity index (χ3v) is 2.56. The highest BCUT2D eigenvalue weighted by atomic mass is 79.9. The Morgan fingerprint density at radius 1 is 1.23 bits per heavy atom. The van der Waals surface area contributed by atoms with Crippen LogP contribution in [0.3, 0.4) is 0 Å². The number of hydrogen-bond donors (Lipinski definition) is 0. The van der Waals surface area contributed by atoms with E-state index in [2.05, 4.69) is 27.0 Å². The highest BCUT2D eigenvalue weighted by molar-refractivity contribution is 9.10. The molecule has 0 spiro atoms. The lowest BCUT2D eigenvalue weighted by Gasteiger charge is -2.00. The van der Waals surface area contributed by atoms with Crippen LogP contribution in [0.15, 0.2) is 35.1 Å². The standard InChI is InChI=1S/C10H5BrN2/c11-10-3-1-2-8-7(4-12)5-13-6-9(8)10/h1-3,5-6H. The average Bonchev–Trinajstić information content (AvgIpc) is 2.18. The Morgan fingerprint density at radius 3 is 2.85 bits per heavy atom. The number of hydrogen-bond acceptors (Lipinski definition) is 2. The number of rotatable bonds is 0. The van der Waals surface area contributed by atoms with Gasteiger partial charge in [-0.05, 0) is 6.07 Å². The summed E-state index contributed by atoms with van der Waals surface area (Å²) in [5.74, 6) is 0. The van der Waals surface area contributed by atoms with Gasteiger partial charge in [-0.1, -0.05) is 28.1 Å². The summed E-state index contributed by atoms with van der Waals surface area (Å²) in [6.45, 7) is 0. The van der Waals surface area contributed by atoms with Crippen molar-refractivity contribution in [3.05, 3.63) is 40.6 Å². The van der Waals surface area contributed by atoms with Crippen molar-refractivity contribution in [3.63, 3.8) is 0 Å². The SMILES string of the molecule is N#Cc1cncc2c(Br)cccc12. The van der Waals surface area contributed by atoms with Crippen molar-refractivity contribution in [1.29, 1.82) is 5.26 Å². The Morgan fingerprint density at radius 2 is 2.08 bits per heavy atom. The van der Waals surface area contributed by atoms with E-state index in [0.717, 1.165) is 15.2 Å². The number of aromatic nitrogens is 1. The molecule has 0 amide bonds. The zero-order chi connectivity index (χ0) is 9.26. The van der Waals surface area contributed by atoms with E-state index < -0.39 is 0 Å². The quantitative estimate of drug-likeness (QED) is 0.701. The van der Waals surface area contributed by atoms with Crippen LogP contribution in [-0.4, -0.2) is 4.98 Å². The van der Waals surface area contributed by atoms with Gasteiger partial charge in [-0.15, -0.1) is 0 Å². The molecule has 0 radical (unpaired) electrons. The van der Waals surface area contributed by atoms with Crippen molar-refractivity contribution < 1.29 is 0 Å². The van der Waals surface area contributed by atoms with Crippen LogP contribution in [0.25, 0.3) is 10.8 Å². The van der Waals surface area contributed by atoms with Crippen molar-refractivity contribution in [2.24, 2.45) is 0 Å². The molecule has 1 aromatic carbocycles. The van der Waals surface area contributed by atoms with Crippen molar-refractivity contribution in [3.8, 4) is 6.07 Å². The van der Waals surface area contributed by atoms with Crippen molar-refractivity contribution in [1.82, 2.24) is 4.98 Å². The van der Waals surface area contributed by atoms with Crippen LogP contribution in [0.2, 0.25) is 0 Å². The summed E-state index contributed by atoms with van der Waals surface area (Å²) in [5, 5.41) is 10.7. The maximum absolute atomic E-state index is 8.82. The lowest BCUT2D eigenvalue weighted by Crippen LogP contribution is -1.82. The van der Waals surface area contributed by atoms with E-state index in [1.54, 1.807) is 12.4 Å². The molecule has 13 heavy (non-hydrogen) atoms. The van der Waals surface area contributed by atoms with Gasteiger partial charge in [0.05, 0.1) is 5.56 Å². The molecule has 0 aliphatic carbocycles. The Hall–Kier alpha value is -1.40. The topological polar surface area (TPSA) is 36.7 Å². The number of fused-ring (bicyclic) bond motifs is 1. The fraction of sp³-hybridized carbons (Fsp3) is 0. The number of nitrogens with zero attached hydrogens (tertiary/aromatic N) is 2. The molecule has 62 valence electrons. The van der Waals surface area contributed by atoms with Gasteiger partial charge in [0.2, 0.25) is 0 Å². The van der Waals surface area contributed by atoms with E-state index in [-0.39, 0.29) is 0 Å². The lowest BCUT2D eigenvalue weighted by atomic mass is 10.1. The molecule has 2 nitrogen and oxygen atoms in total. The second kappa shape index (κ2) is 3.15. The van der Waals surface area contributed by atoms with Crippen LogP contribution in [0.1, 0.15) is 5.56 Å². The minimum atomic E-state index is 0.610. The predicted molar refractivity (Wildman–Crippen MR) is 54.2 cm³/mol. The predicted octanol–water partition coefficient (Wildman–Crippen LogP) is 2.87. The third kappa shape index (κ3) is 1.30. The van der Waals surface area contributed by atoms with Crippen LogP contribution in [0, 0.1) is 11.3 Å². The lowest BCUT2D eigenvalue weighted by molar-refractivity contribution is 1.33.